The Labute approximate surface area is 151 Å². The molecule has 0 aliphatic heterocycles. The number of benzene rings is 1. The van der Waals surface area contributed by atoms with Gasteiger partial charge in [0.15, 0.2) is 0 Å². The summed E-state index contributed by atoms with van der Waals surface area (Å²) in [7, 11) is 0. The van der Waals surface area contributed by atoms with Gasteiger partial charge in [0.25, 0.3) is 5.91 Å². The molecule has 1 aliphatic carbocycles. The number of rotatable bonds is 5. The van der Waals surface area contributed by atoms with Gasteiger partial charge in [-0.25, -0.2) is 4.98 Å². The largest absolute Gasteiger partial charge is 0.472 e. The number of aliphatic hydroxyl groups excluding tert-OH is 1. The molecule has 6 heteroatoms. The van der Waals surface area contributed by atoms with Gasteiger partial charge in [0, 0.05) is 30.1 Å². The van der Waals surface area contributed by atoms with Crippen molar-refractivity contribution >= 4 is 5.91 Å². The Morgan fingerprint density at radius 1 is 1.31 bits per heavy atom. The van der Waals surface area contributed by atoms with Crippen molar-refractivity contribution in [3.05, 3.63) is 67.1 Å². The van der Waals surface area contributed by atoms with Gasteiger partial charge in [-0.15, -0.1) is 0 Å². The number of carbonyl (C=O) groups is 1. The van der Waals surface area contributed by atoms with Crippen LogP contribution in [0.1, 0.15) is 23.2 Å². The summed E-state index contributed by atoms with van der Waals surface area (Å²) in [5, 5.41) is 13.3. The summed E-state index contributed by atoms with van der Waals surface area (Å²) in [6.45, 7) is 0.805. The van der Waals surface area contributed by atoms with E-state index in [1.54, 1.807) is 31.1 Å². The highest BCUT2D eigenvalue weighted by Crippen LogP contribution is 2.28. The Kier molecular flexibility index (Phi) is 4.58. The highest BCUT2D eigenvalue weighted by molar-refractivity contribution is 5.95. The van der Waals surface area contributed by atoms with Gasteiger partial charge < -0.3 is 19.4 Å². The first-order valence-corrected chi connectivity index (χ1v) is 8.76. The van der Waals surface area contributed by atoms with Crippen molar-refractivity contribution in [2.24, 2.45) is 5.92 Å². The van der Waals surface area contributed by atoms with Crippen molar-refractivity contribution in [1.82, 2.24) is 14.9 Å². The standard InChI is InChI=1S/C20H21N3O3/c24-19-9-14(11-23-6-5-21-13-23)8-18(19)22-20(25)16-3-1-2-15(10-16)17-4-7-26-12-17/h1-7,10,12-14,18-19,24H,8-9,11H2,(H,22,25)/t14?,18-,19-/m1/s1. The van der Waals surface area contributed by atoms with E-state index >= 15 is 0 Å². The summed E-state index contributed by atoms with van der Waals surface area (Å²) >= 11 is 0. The van der Waals surface area contributed by atoms with Crippen LogP contribution in [0.15, 0.2) is 66.0 Å². The van der Waals surface area contributed by atoms with E-state index in [0.29, 0.717) is 17.9 Å². The first-order chi connectivity index (χ1) is 12.7. The van der Waals surface area contributed by atoms with E-state index in [4.69, 9.17) is 4.42 Å². The second kappa shape index (κ2) is 7.17. The molecule has 0 saturated heterocycles. The molecule has 2 N–H and O–H groups in total. The molecule has 2 heterocycles. The van der Waals surface area contributed by atoms with E-state index in [9.17, 15) is 9.90 Å². The Hall–Kier alpha value is -2.86. The summed E-state index contributed by atoms with van der Waals surface area (Å²) in [5.41, 5.74) is 2.44. The molecule has 3 atom stereocenters. The predicted octanol–water partition coefficient (Wildman–Crippen LogP) is 2.71. The number of nitrogens with one attached hydrogen (secondary N) is 1. The van der Waals surface area contributed by atoms with Crippen LogP contribution in [-0.2, 0) is 6.54 Å². The molecule has 2 aromatic heterocycles. The smallest absolute Gasteiger partial charge is 0.251 e. The third-order valence-corrected chi connectivity index (χ3v) is 4.95. The number of hydrogen-bond donors (Lipinski definition) is 2. The molecule has 1 amide bonds. The van der Waals surface area contributed by atoms with Crippen LogP contribution in [-0.4, -0.2) is 32.7 Å². The summed E-state index contributed by atoms with van der Waals surface area (Å²) in [5.74, 6) is 0.157. The molecule has 1 aliphatic rings. The fourth-order valence-corrected chi connectivity index (χ4v) is 3.64. The Morgan fingerprint density at radius 2 is 2.23 bits per heavy atom. The molecule has 1 fully saturated rings. The van der Waals surface area contributed by atoms with Crippen LogP contribution < -0.4 is 5.32 Å². The number of furan rings is 1. The minimum Gasteiger partial charge on any atom is -0.472 e. The summed E-state index contributed by atoms with van der Waals surface area (Å²) in [6, 6.07) is 9.04. The number of nitrogens with zero attached hydrogens (tertiary/aromatic N) is 2. The van der Waals surface area contributed by atoms with Crippen molar-refractivity contribution in [3.8, 4) is 11.1 Å². The van der Waals surface area contributed by atoms with Crippen molar-refractivity contribution in [3.63, 3.8) is 0 Å². The monoisotopic (exact) mass is 351 g/mol. The van der Waals surface area contributed by atoms with Crippen molar-refractivity contribution in [2.45, 2.75) is 31.5 Å². The Balaban J connectivity index is 1.41. The van der Waals surface area contributed by atoms with Crippen LogP contribution in [0.4, 0.5) is 0 Å². The topological polar surface area (TPSA) is 80.3 Å². The number of imidazole rings is 1. The molecule has 1 saturated carbocycles. The normalized spacial score (nSPS) is 22.4. The molecular weight excluding hydrogens is 330 g/mol. The van der Waals surface area contributed by atoms with E-state index in [-0.39, 0.29) is 11.9 Å². The average Bonchev–Trinajstić information content (AvgIpc) is 3.39. The molecule has 1 unspecified atom stereocenters. The zero-order valence-corrected chi connectivity index (χ0v) is 14.3. The quantitative estimate of drug-likeness (QED) is 0.741. The zero-order valence-electron chi connectivity index (χ0n) is 14.3. The first kappa shape index (κ1) is 16.6. The van der Waals surface area contributed by atoms with Gasteiger partial charge in [-0.05, 0) is 42.5 Å². The van der Waals surface area contributed by atoms with Crippen LogP contribution in [0.2, 0.25) is 0 Å². The molecule has 0 bridgehead atoms. The second-order valence-corrected chi connectivity index (χ2v) is 6.84. The van der Waals surface area contributed by atoms with E-state index in [1.807, 2.05) is 35.0 Å². The molecule has 6 nitrogen and oxygen atoms in total. The number of amides is 1. The van der Waals surface area contributed by atoms with Gasteiger partial charge in [0.1, 0.15) is 0 Å². The maximum absolute atomic E-state index is 12.6. The lowest BCUT2D eigenvalue weighted by Crippen LogP contribution is -2.39. The molecule has 3 aromatic rings. The summed E-state index contributed by atoms with van der Waals surface area (Å²) in [6.07, 6.45) is 9.61. The summed E-state index contributed by atoms with van der Waals surface area (Å²) in [4.78, 5) is 16.7. The molecule has 26 heavy (non-hydrogen) atoms. The fourth-order valence-electron chi connectivity index (χ4n) is 3.64. The third-order valence-electron chi connectivity index (χ3n) is 4.95. The maximum Gasteiger partial charge on any atom is 0.251 e. The van der Waals surface area contributed by atoms with Crippen LogP contribution >= 0.6 is 0 Å². The number of hydrogen-bond acceptors (Lipinski definition) is 4. The highest BCUT2D eigenvalue weighted by atomic mass is 16.3. The maximum atomic E-state index is 12.6. The Bertz CT molecular complexity index is 858. The molecule has 1 aromatic carbocycles. The van der Waals surface area contributed by atoms with Crippen molar-refractivity contribution in [1.29, 1.82) is 0 Å². The Morgan fingerprint density at radius 3 is 3.00 bits per heavy atom. The zero-order chi connectivity index (χ0) is 17.9. The highest BCUT2D eigenvalue weighted by Gasteiger charge is 2.34. The van der Waals surface area contributed by atoms with E-state index in [0.717, 1.165) is 24.1 Å². The van der Waals surface area contributed by atoms with Gasteiger partial charge in [-0.3, -0.25) is 4.79 Å². The lowest BCUT2D eigenvalue weighted by Gasteiger charge is -2.16. The fraction of sp³-hybridized carbons (Fsp3) is 0.300. The summed E-state index contributed by atoms with van der Waals surface area (Å²) < 4.78 is 7.12. The SMILES string of the molecule is O=C(N[C@@H]1CC(Cn2ccnc2)C[C@H]1O)c1cccc(-c2ccoc2)c1. The van der Waals surface area contributed by atoms with Gasteiger partial charge in [-0.1, -0.05) is 12.1 Å². The average molecular weight is 351 g/mol. The number of aromatic nitrogens is 2. The van der Waals surface area contributed by atoms with Gasteiger partial charge in [0.05, 0.1) is 31.0 Å². The van der Waals surface area contributed by atoms with Gasteiger partial charge in [0.2, 0.25) is 0 Å². The first-order valence-electron chi connectivity index (χ1n) is 8.76. The van der Waals surface area contributed by atoms with E-state index < -0.39 is 6.10 Å². The lowest BCUT2D eigenvalue weighted by atomic mass is 10.0. The predicted molar refractivity (Wildman–Crippen MR) is 96.4 cm³/mol. The molecule has 0 spiro atoms. The van der Waals surface area contributed by atoms with Gasteiger partial charge in [-0.2, -0.15) is 0 Å². The van der Waals surface area contributed by atoms with Crippen molar-refractivity contribution in [2.75, 3.05) is 0 Å². The number of carbonyl (C=O) groups excluding carboxylic acids is 1. The van der Waals surface area contributed by atoms with E-state index in [2.05, 4.69) is 10.3 Å². The second-order valence-electron chi connectivity index (χ2n) is 6.84. The molecule has 4 rings (SSSR count). The minimum atomic E-state index is -0.524. The van der Waals surface area contributed by atoms with Crippen LogP contribution in [0.3, 0.4) is 0 Å². The molecule has 0 radical (unpaired) electrons. The van der Waals surface area contributed by atoms with Crippen LogP contribution in [0.5, 0.6) is 0 Å². The molecule has 134 valence electrons. The van der Waals surface area contributed by atoms with E-state index in [1.165, 1.54) is 0 Å². The molecular formula is C20H21N3O3. The lowest BCUT2D eigenvalue weighted by molar-refractivity contribution is 0.0873. The van der Waals surface area contributed by atoms with Crippen LogP contribution in [0, 0.1) is 5.92 Å². The number of aliphatic hydroxyl groups is 1. The van der Waals surface area contributed by atoms with Crippen molar-refractivity contribution < 1.29 is 14.3 Å². The van der Waals surface area contributed by atoms with Crippen LogP contribution in [0.25, 0.3) is 11.1 Å². The van der Waals surface area contributed by atoms with Gasteiger partial charge >= 0.3 is 0 Å². The minimum absolute atomic E-state index is 0.164. The third kappa shape index (κ3) is 3.55.